The average Bonchev–Trinajstić information content (AvgIpc) is 2.17. The Labute approximate surface area is 89.6 Å². The van der Waals surface area contributed by atoms with Crippen molar-refractivity contribution in [1.82, 2.24) is 5.32 Å². The third-order valence-electron chi connectivity index (χ3n) is 3.58. The van der Waals surface area contributed by atoms with Crippen LogP contribution in [0.15, 0.2) is 0 Å². The van der Waals surface area contributed by atoms with Crippen LogP contribution in [0.5, 0.6) is 0 Å². The fraction of sp³-hybridized carbons (Fsp3) is 1.00. The van der Waals surface area contributed by atoms with Gasteiger partial charge in [-0.1, -0.05) is 0 Å². The highest BCUT2D eigenvalue weighted by atomic mass is 32.2. The molecule has 4 unspecified atom stereocenters. The van der Waals surface area contributed by atoms with Crippen LogP contribution in [0.4, 0.5) is 0 Å². The second kappa shape index (κ2) is 4.01. The van der Waals surface area contributed by atoms with Crippen LogP contribution in [-0.2, 0) is 10.1 Å². The van der Waals surface area contributed by atoms with Crippen molar-refractivity contribution < 1.29 is 18.1 Å². The summed E-state index contributed by atoms with van der Waals surface area (Å²) in [5.74, 6) is -0.141. The first kappa shape index (κ1) is 11.3. The van der Waals surface area contributed by atoms with Crippen LogP contribution in [0.2, 0.25) is 0 Å². The molecule has 0 bridgehead atoms. The number of nitrogens with one attached hydrogen (secondary N) is 1. The van der Waals surface area contributed by atoms with Gasteiger partial charge in [0, 0.05) is 6.04 Å². The van der Waals surface area contributed by atoms with Crippen LogP contribution in [0.25, 0.3) is 0 Å². The van der Waals surface area contributed by atoms with Crippen LogP contribution in [0.3, 0.4) is 0 Å². The molecular weight excluding hydrogens is 218 g/mol. The Hall–Kier alpha value is -0.170. The van der Waals surface area contributed by atoms with Gasteiger partial charge in [-0.15, -0.1) is 0 Å². The van der Waals surface area contributed by atoms with E-state index in [4.69, 9.17) is 4.55 Å². The Kier molecular flexibility index (Phi) is 3.03. The van der Waals surface area contributed by atoms with E-state index in [0.717, 1.165) is 19.4 Å². The molecule has 88 valence electrons. The monoisotopic (exact) mass is 235 g/mol. The lowest BCUT2D eigenvalue weighted by atomic mass is 9.77. The number of hydrogen-bond acceptors (Lipinski definition) is 4. The summed E-state index contributed by atoms with van der Waals surface area (Å²) in [5.41, 5.74) is 0. The van der Waals surface area contributed by atoms with Gasteiger partial charge in [-0.2, -0.15) is 8.42 Å². The van der Waals surface area contributed by atoms with Crippen LogP contribution in [0, 0.1) is 5.92 Å². The minimum Gasteiger partial charge on any atom is -0.391 e. The van der Waals surface area contributed by atoms with E-state index in [-0.39, 0.29) is 12.0 Å². The van der Waals surface area contributed by atoms with Crippen molar-refractivity contribution in [3.8, 4) is 0 Å². The van der Waals surface area contributed by atoms with E-state index in [1.54, 1.807) is 0 Å². The van der Waals surface area contributed by atoms with Gasteiger partial charge in [0.25, 0.3) is 10.1 Å². The summed E-state index contributed by atoms with van der Waals surface area (Å²) in [7, 11) is -3.97. The Bertz CT molecular complexity index is 329. The molecule has 0 aromatic heterocycles. The van der Waals surface area contributed by atoms with E-state index < -0.39 is 21.5 Å². The number of hydrogen-bond donors (Lipinski definition) is 3. The second-order valence-electron chi connectivity index (χ2n) is 4.48. The smallest absolute Gasteiger partial charge is 0.268 e. The molecule has 1 aliphatic carbocycles. The summed E-state index contributed by atoms with van der Waals surface area (Å²) < 4.78 is 31.5. The number of aliphatic hydroxyl groups is 1. The van der Waals surface area contributed by atoms with Crippen molar-refractivity contribution in [2.45, 2.75) is 43.1 Å². The summed E-state index contributed by atoms with van der Waals surface area (Å²) in [6.07, 6.45) is 1.99. The van der Waals surface area contributed by atoms with Crippen LogP contribution in [-0.4, -0.2) is 42.0 Å². The first-order chi connectivity index (χ1) is 7.00. The third-order valence-corrected chi connectivity index (χ3v) is 4.93. The SMILES string of the molecule is O=S(=O)(O)C1CCC(O)C2NCCCC21. The van der Waals surface area contributed by atoms with Gasteiger partial charge in [0.1, 0.15) is 0 Å². The molecule has 4 atom stereocenters. The zero-order chi connectivity index (χ0) is 11.1. The summed E-state index contributed by atoms with van der Waals surface area (Å²) in [4.78, 5) is 0. The normalized spacial score (nSPS) is 42.3. The number of fused-ring (bicyclic) bond motifs is 1. The average molecular weight is 235 g/mol. The van der Waals surface area contributed by atoms with Crippen molar-refractivity contribution in [2.75, 3.05) is 6.54 Å². The molecule has 1 saturated heterocycles. The van der Waals surface area contributed by atoms with Crippen molar-refractivity contribution >= 4 is 10.1 Å². The highest BCUT2D eigenvalue weighted by Gasteiger charge is 2.44. The van der Waals surface area contributed by atoms with Gasteiger partial charge in [-0.3, -0.25) is 4.55 Å². The van der Waals surface area contributed by atoms with Gasteiger partial charge in [0.05, 0.1) is 11.4 Å². The molecule has 1 saturated carbocycles. The summed E-state index contributed by atoms with van der Waals surface area (Å²) in [6.45, 7) is 0.816. The molecule has 6 heteroatoms. The summed E-state index contributed by atoms with van der Waals surface area (Å²) in [5, 5.41) is 12.2. The minimum absolute atomic E-state index is 0.141. The van der Waals surface area contributed by atoms with Gasteiger partial charge in [-0.05, 0) is 38.1 Å². The summed E-state index contributed by atoms with van der Waals surface area (Å²) in [6, 6.07) is -0.167. The van der Waals surface area contributed by atoms with Crippen molar-refractivity contribution in [3.63, 3.8) is 0 Å². The molecule has 0 aromatic carbocycles. The van der Waals surface area contributed by atoms with Crippen LogP contribution in [0.1, 0.15) is 25.7 Å². The highest BCUT2D eigenvalue weighted by molar-refractivity contribution is 7.86. The maximum absolute atomic E-state index is 11.2. The molecular formula is C9H17NO4S. The zero-order valence-corrected chi connectivity index (χ0v) is 9.28. The molecule has 1 aliphatic heterocycles. The van der Waals surface area contributed by atoms with E-state index in [0.29, 0.717) is 12.8 Å². The zero-order valence-electron chi connectivity index (χ0n) is 8.46. The first-order valence-corrected chi connectivity index (χ1v) is 6.88. The molecule has 2 rings (SSSR count). The second-order valence-corrected chi connectivity index (χ2v) is 6.12. The molecule has 3 N–H and O–H groups in total. The number of rotatable bonds is 1. The van der Waals surface area contributed by atoms with E-state index >= 15 is 0 Å². The molecule has 5 nitrogen and oxygen atoms in total. The van der Waals surface area contributed by atoms with Crippen molar-refractivity contribution in [2.24, 2.45) is 5.92 Å². The molecule has 0 spiro atoms. The maximum Gasteiger partial charge on any atom is 0.268 e. The lowest BCUT2D eigenvalue weighted by Gasteiger charge is -2.43. The van der Waals surface area contributed by atoms with Crippen LogP contribution >= 0.6 is 0 Å². The standard InChI is InChI=1S/C9H17NO4S/c11-7-3-4-8(15(12,13)14)6-2-1-5-10-9(6)7/h6-11H,1-5H2,(H,12,13,14). The lowest BCUT2D eigenvalue weighted by Crippen LogP contribution is -2.57. The van der Waals surface area contributed by atoms with Gasteiger partial charge >= 0.3 is 0 Å². The van der Waals surface area contributed by atoms with Gasteiger partial charge in [0.15, 0.2) is 0 Å². The maximum atomic E-state index is 11.2. The Morgan fingerprint density at radius 1 is 1.20 bits per heavy atom. The van der Waals surface area contributed by atoms with E-state index in [1.165, 1.54) is 0 Å². The predicted molar refractivity (Wildman–Crippen MR) is 55.1 cm³/mol. The van der Waals surface area contributed by atoms with Gasteiger partial charge in [-0.25, -0.2) is 0 Å². The Morgan fingerprint density at radius 2 is 1.93 bits per heavy atom. The van der Waals surface area contributed by atoms with Gasteiger partial charge < -0.3 is 10.4 Å². The van der Waals surface area contributed by atoms with Crippen LogP contribution < -0.4 is 5.32 Å². The molecule has 2 fully saturated rings. The molecule has 15 heavy (non-hydrogen) atoms. The van der Waals surface area contributed by atoms with Crippen molar-refractivity contribution in [3.05, 3.63) is 0 Å². The van der Waals surface area contributed by atoms with E-state index in [1.807, 2.05) is 0 Å². The molecule has 0 amide bonds. The topological polar surface area (TPSA) is 86.6 Å². The Morgan fingerprint density at radius 3 is 2.60 bits per heavy atom. The van der Waals surface area contributed by atoms with E-state index in [9.17, 15) is 13.5 Å². The fourth-order valence-electron chi connectivity index (χ4n) is 2.87. The number of piperidine rings is 1. The predicted octanol–water partition coefficient (Wildman–Crippen LogP) is -0.234. The summed E-state index contributed by atoms with van der Waals surface area (Å²) >= 11 is 0. The minimum atomic E-state index is -3.97. The van der Waals surface area contributed by atoms with Gasteiger partial charge in [0.2, 0.25) is 0 Å². The molecule has 2 aliphatic rings. The highest BCUT2D eigenvalue weighted by Crippen LogP contribution is 2.34. The lowest BCUT2D eigenvalue weighted by molar-refractivity contribution is 0.0431. The quantitative estimate of drug-likeness (QED) is 0.546. The van der Waals surface area contributed by atoms with Crippen molar-refractivity contribution in [1.29, 1.82) is 0 Å². The van der Waals surface area contributed by atoms with E-state index in [2.05, 4.69) is 5.32 Å². The molecule has 1 heterocycles. The third kappa shape index (κ3) is 2.18. The fourth-order valence-corrected chi connectivity index (χ4v) is 4.06. The largest absolute Gasteiger partial charge is 0.391 e. The number of aliphatic hydroxyl groups excluding tert-OH is 1. The molecule has 0 aromatic rings. The first-order valence-electron chi connectivity index (χ1n) is 5.38. The molecule has 0 radical (unpaired) electrons. The Balaban J connectivity index is 2.21.